The molecule has 2 rings (SSSR count). The normalized spacial score (nSPS) is 23.1. The zero-order chi connectivity index (χ0) is 14.4. The maximum absolute atomic E-state index is 10.2. The molecule has 0 aliphatic heterocycles. The van der Waals surface area contributed by atoms with Gasteiger partial charge >= 0.3 is 0 Å². The first-order chi connectivity index (χ1) is 9.76. The molecule has 1 aliphatic carbocycles. The lowest BCUT2D eigenvalue weighted by Crippen LogP contribution is -2.33. The molecule has 0 saturated heterocycles. The molecular weight excluding hydrogens is 252 g/mol. The number of nitrogens with one attached hydrogen (secondary N) is 2. The minimum absolute atomic E-state index is 0.104. The molecule has 0 amide bonds. The third kappa shape index (κ3) is 3.60. The van der Waals surface area contributed by atoms with E-state index in [1.807, 2.05) is 7.05 Å². The number of rotatable bonds is 5. The number of aliphatic hydroxyl groups is 1. The minimum atomic E-state index is -0.278. The zero-order valence-corrected chi connectivity index (χ0v) is 12.5. The van der Waals surface area contributed by atoms with Crippen molar-refractivity contribution in [3.8, 4) is 0 Å². The Balaban J connectivity index is 2.18. The Morgan fingerprint density at radius 3 is 2.70 bits per heavy atom. The third-order valence-corrected chi connectivity index (χ3v) is 3.98. The average Bonchev–Trinajstić information content (AvgIpc) is 2.66. The Kier molecular flexibility index (Phi) is 5.59. The molecule has 5 heteroatoms. The largest absolute Gasteiger partial charge is 0.391 e. The lowest BCUT2D eigenvalue weighted by molar-refractivity contribution is 0.144. The molecule has 0 spiro atoms. The van der Waals surface area contributed by atoms with Gasteiger partial charge in [0, 0.05) is 12.6 Å². The molecule has 0 aromatic carbocycles. The fraction of sp³-hybridized carbons (Fsp3) is 0.733. The standard InChI is InChI=1S/C15H26N4O/c1-3-7-11-14(16-2)17-10-18-15(11)19-12-8-5-4-6-9-13(12)20/h10,12-13,20H,3-9H2,1-2H3,(H2,16,17,18,19). The van der Waals surface area contributed by atoms with Crippen molar-refractivity contribution >= 4 is 11.6 Å². The number of aromatic nitrogens is 2. The summed E-state index contributed by atoms with van der Waals surface area (Å²) in [6.07, 6.45) is 8.66. The van der Waals surface area contributed by atoms with Gasteiger partial charge < -0.3 is 15.7 Å². The second-order valence-electron chi connectivity index (χ2n) is 5.51. The van der Waals surface area contributed by atoms with Gasteiger partial charge in [0.2, 0.25) is 0 Å². The van der Waals surface area contributed by atoms with Crippen molar-refractivity contribution in [3.63, 3.8) is 0 Å². The fourth-order valence-corrected chi connectivity index (χ4v) is 2.87. The summed E-state index contributed by atoms with van der Waals surface area (Å²) in [5, 5.41) is 16.8. The van der Waals surface area contributed by atoms with Gasteiger partial charge in [0.25, 0.3) is 0 Å². The molecule has 0 bridgehead atoms. The minimum Gasteiger partial charge on any atom is -0.391 e. The molecule has 2 atom stereocenters. The zero-order valence-electron chi connectivity index (χ0n) is 12.5. The van der Waals surface area contributed by atoms with Gasteiger partial charge in [-0.05, 0) is 19.3 Å². The quantitative estimate of drug-likeness (QED) is 0.722. The Morgan fingerprint density at radius 1 is 1.20 bits per heavy atom. The number of hydrogen-bond acceptors (Lipinski definition) is 5. The summed E-state index contributed by atoms with van der Waals surface area (Å²) in [4.78, 5) is 8.67. The summed E-state index contributed by atoms with van der Waals surface area (Å²) in [6, 6.07) is 0.104. The summed E-state index contributed by atoms with van der Waals surface area (Å²) in [6.45, 7) is 2.15. The highest BCUT2D eigenvalue weighted by Gasteiger charge is 2.23. The number of hydrogen-bond donors (Lipinski definition) is 3. The Hall–Kier alpha value is -1.36. The molecular formula is C15H26N4O. The molecule has 5 nitrogen and oxygen atoms in total. The SMILES string of the molecule is CCCc1c(NC)ncnc1NC1CCCCCC1O. The van der Waals surface area contributed by atoms with Gasteiger partial charge in [0.1, 0.15) is 18.0 Å². The first-order valence-electron chi connectivity index (χ1n) is 7.72. The third-order valence-electron chi connectivity index (χ3n) is 3.98. The number of nitrogens with zero attached hydrogens (tertiary/aromatic N) is 2. The average molecular weight is 278 g/mol. The maximum atomic E-state index is 10.2. The van der Waals surface area contributed by atoms with E-state index in [0.717, 1.165) is 49.3 Å². The molecule has 1 aromatic heterocycles. The highest BCUT2D eigenvalue weighted by molar-refractivity contribution is 5.57. The van der Waals surface area contributed by atoms with Crippen molar-refractivity contribution in [2.24, 2.45) is 0 Å². The van der Waals surface area contributed by atoms with Gasteiger partial charge in [-0.15, -0.1) is 0 Å². The van der Waals surface area contributed by atoms with E-state index >= 15 is 0 Å². The van der Waals surface area contributed by atoms with Gasteiger partial charge in [-0.25, -0.2) is 9.97 Å². The molecule has 0 radical (unpaired) electrons. The van der Waals surface area contributed by atoms with Crippen molar-refractivity contribution in [1.82, 2.24) is 9.97 Å². The van der Waals surface area contributed by atoms with E-state index < -0.39 is 0 Å². The van der Waals surface area contributed by atoms with Gasteiger partial charge in [-0.3, -0.25) is 0 Å². The number of aliphatic hydroxyl groups excluding tert-OH is 1. The lowest BCUT2D eigenvalue weighted by Gasteiger charge is -2.24. The van der Waals surface area contributed by atoms with Crippen molar-refractivity contribution < 1.29 is 5.11 Å². The molecule has 1 aliphatic rings. The number of anilines is 2. The van der Waals surface area contributed by atoms with Crippen LogP contribution in [0.5, 0.6) is 0 Å². The van der Waals surface area contributed by atoms with Crippen LogP contribution in [0.2, 0.25) is 0 Å². The van der Waals surface area contributed by atoms with Crippen LogP contribution < -0.4 is 10.6 Å². The summed E-state index contributed by atoms with van der Waals surface area (Å²) in [5.41, 5.74) is 1.12. The van der Waals surface area contributed by atoms with E-state index in [1.165, 1.54) is 12.8 Å². The van der Waals surface area contributed by atoms with Crippen LogP contribution in [-0.4, -0.2) is 34.3 Å². The Morgan fingerprint density at radius 2 is 1.95 bits per heavy atom. The molecule has 1 heterocycles. The van der Waals surface area contributed by atoms with Gasteiger partial charge in [0.05, 0.1) is 12.1 Å². The van der Waals surface area contributed by atoms with Crippen molar-refractivity contribution in [1.29, 1.82) is 0 Å². The van der Waals surface area contributed by atoms with E-state index in [-0.39, 0.29) is 12.1 Å². The van der Waals surface area contributed by atoms with E-state index in [0.29, 0.717) is 0 Å². The first-order valence-corrected chi connectivity index (χ1v) is 7.72. The van der Waals surface area contributed by atoms with Gasteiger partial charge in [-0.2, -0.15) is 0 Å². The summed E-state index contributed by atoms with van der Waals surface area (Å²) in [7, 11) is 1.88. The molecule has 1 saturated carbocycles. The molecule has 3 N–H and O–H groups in total. The van der Waals surface area contributed by atoms with Crippen LogP contribution in [0.3, 0.4) is 0 Å². The van der Waals surface area contributed by atoms with Crippen LogP contribution in [0.4, 0.5) is 11.6 Å². The van der Waals surface area contributed by atoms with Crippen molar-refractivity contribution in [2.45, 2.75) is 64.0 Å². The topological polar surface area (TPSA) is 70.1 Å². The van der Waals surface area contributed by atoms with Gasteiger partial charge in [-0.1, -0.05) is 32.6 Å². The second kappa shape index (κ2) is 7.43. The summed E-state index contributed by atoms with van der Waals surface area (Å²) < 4.78 is 0. The van der Waals surface area contributed by atoms with Crippen LogP contribution in [0.25, 0.3) is 0 Å². The molecule has 112 valence electrons. The van der Waals surface area contributed by atoms with E-state index in [9.17, 15) is 5.11 Å². The first kappa shape index (κ1) is 15.0. The van der Waals surface area contributed by atoms with Crippen molar-refractivity contribution in [2.75, 3.05) is 17.7 Å². The molecule has 1 fully saturated rings. The predicted molar refractivity (Wildman–Crippen MR) is 82.1 cm³/mol. The highest BCUT2D eigenvalue weighted by Crippen LogP contribution is 2.25. The van der Waals surface area contributed by atoms with E-state index in [2.05, 4.69) is 27.5 Å². The fourth-order valence-electron chi connectivity index (χ4n) is 2.87. The van der Waals surface area contributed by atoms with Gasteiger partial charge in [0.15, 0.2) is 0 Å². The van der Waals surface area contributed by atoms with Crippen LogP contribution >= 0.6 is 0 Å². The lowest BCUT2D eigenvalue weighted by atomic mass is 10.1. The smallest absolute Gasteiger partial charge is 0.135 e. The molecule has 20 heavy (non-hydrogen) atoms. The molecule has 2 unspecified atom stereocenters. The van der Waals surface area contributed by atoms with E-state index in [4.69, 9.17) is 0 Å². The van der Waals surface area contributed by atoms with E-state index in [1.54, 1.807) is 6.33 Å². The van der Waals surface area contributed by atoms with Crippen LogP contribution in [0.1, 0.15) is 51.0 Å². The van der Waals surface area contributed by atoms with Crippen LogP contribution in [0.15, 0.2) is 6.33 Å². The Bertz CT molecular complexity index is 424. The predicted octanol–water partition coefficient (Wildman–Crippen LogP) is 2.58. The molecule has 1 aromatic rings. The monoisotopic (exact) mass is 278 g/mol. The van der Waals surface area contributed by atoms with Crippen LogP contribution in [0, 0.1) is 0 Å². The second-order valence-corrected chi connectivity index (χ2v) is 5.51. The maximum Gasteiger partial charge on any atom is 0.135 e. The van der Waals surface area contributed by atoms with Crippen molar-refractivity contribution in [3.05, 3.63) is 11.9 Å². The summed E-state index contributed by atoms with van der Waals surface area (Å²) in [5.74, 6) is 1.75. The highest BCUT2D eigenvalue weighted by atomic mass is 16.3. The Labute approximate surface area is 121 Å². The van der Waals surface area contributed by atoms with Crippen LogP contribution in [-0.2, 0) is 6.42 Å². The summed E-state index contributed by atoms with van der Waals surface area (Å²) >= 11 is 0.